The maximum absolute atomic E-state index is 12.8. The van der Waals surface area contributed by atoms with Crippen LogP contribution in [0.3, 0.4) is 0 Å². The largest absolute Gasteiger partial charge is 0.397 e. The van der Waals surface area contributed by atoms with Crippen LogP contribution in [0.5, 0.6) is 0 Å². The topological polar surface area (TPSA) is 134 Å². The predicted octanol–water partition coefficient (Wildman–Crippen LogP) is 2.11. The molecule has 0 atom stereocenters. The Kier molecular flexibility index (Phi) is 6.48. The molecule has 9 heteroatoms. The van der Waals surface area contributed by atoms with Gasteiger partial charge in [-0.1, -0.05) is 12.1 Å². The van der Waals surface area contributed by atoms with E-state index >= 15 is 0 Å². The molecule has 0 radical (unpaired) electrons. The van der Waals surface area contributed by atoms with E-state index in [-0.39, 0.29) is 5.91 Å². The van der Waals surface area contributed by atoms with Crippen LogP contribution in [-0.4, -0.2) is 47.1 Å². The van der Waals surface area contributed by atoms with Gasteiger partial charge in [-0.2, -0.15) is 0 Å². The molecule has 1 aliphatic heterocycles. The number of fused-ring (bicyclic) bond motifs is 1. The summed E-state index contributed by atoms with van der Waals surface area (Å²) in [4.78, 5) is 21.5. The van der Waals surface area contributed by atoms with Crippen LogP contribution in [0.1, 0.15) is 28.8 Å². The van der Waals surface area contributed by atoms with Gasteiger partial charge in [-0.3, -0.25) is 4.79 Å². The van der Waals surface area contributed by atoms with E-state index in [2.05, 4.69) is 25.9 Å². The Hall–Kier alpha value is -3.69. The highest BCUT2D eigenvalue weighted by molar-refractivity contribution is 6.05. The van der Waals surface area contributed by atoms with Crippen molar-refractivity contribution >= 4 is 34.0 Å². The van der Waals surface area contributed by atoms with Crippen LogP contribution < -0.4 is 27.5 Å². The molecular formula is C23H28N8O. The zero-order chi connectivity index (χ0) is 22.5. The summed E-state index contributed by atoms with van der Waals surface area (Å²) in [7, 11) is 1.71. The molecule has 1 aliphatic rings. The van der Waals surface area contributed by atoms with Gasteiger partial charge >= 0.3 is 0 Å². The fourth-order valence-electron chi connectivity index (χ4n) is 3.70. The number of nitrogens with one attached hydrogen (secondary N) is 3. The van der Waals surface area contributed by atoms with Crippen molar-refractivity contribution in [3.8, 4) is 0 Å². The number of anilines is 2. The number of hydrogen-bond donors (Lipinski definition) is 5. The first-order chi connectivity index (χ1) is 15.5. The zero-order valence-corrected chi connectivity index (χ0v) is 18.0. The third-order valence-electron chi connectivity index (χ3n) is 5.35. The van der Waals surface area contributed by atoms with Gasteiger partial charge in [0, 0.05) is 42.6 Å². The van der Waals surface area contributed by atoms with E-state index in [1.807, 2.05) is 24.3 Å². The summed E-state index contributed by atoms with van der Waals surface area (Å²) < 4.78 is 0. The SMILES string of the molecule is CN(N)/C=C(\N)c1ccc2cnc(NC(=O)c3ccnc(NC4CCNCC4)c3)cc2c1. The molecule has 1 aromatic carbocycles. The molecule has 0 unspecified atom stereocenters. The molecule has 0 spiro atoms. The molecule has 0 bridgehead atoms. The van der Waals surface area contributed by atoms with E-state index in [1.54, 1.807) is 37.8 Å². The van der Waals surface area contributed by atoms with Gasteiger partial charge in [-0.05, 0) is 61.1 Å². The summed E-state index contributed by atoms with van der Waals surface area (Å²) in [6.45, 7) is 1.97. The van der Waals surface area contributed by atoms with E-state index in [1.165, 1.54) is 5.01 Å². The van der Waals surface area contributed by atoms with Gasteiger partial charge in [0.15, 0.2) is 0 Å². The van der Waals surface area contributed by atoms with Crippen LogP contribution in [0, 0.1) is 0 Å². The highest BCUT2D eigenvalue weighted by atomic mass is 16.1. The lowest BCUT2D eigenvalue weighted by Crippen LogP contribution is -2.35. The number of aromatic nitrogens is 2. The lowest BCUT2D eigenvalue weighted by Gasteiger charge is -2.24. The average molecular weight is 433 g/mol. The summed E-state index contributed by atoms with van der Waals surface area (Å²) in [5.41, 5.74) is 8.00. The smallest absolute Gasteiger partial charge is 0.257 e. The van der Waals surface area contributed by atoms with E-state index in [0.717, 1.165) is 42.3 Å². The van der Waals surface area contributed by atoms with Gasteiger partial charge in [-0.15, -0.1) is 0 Å². The molecule has 0 aliphatic carbocycles. The predicted molar refractivity (Wildman–Crippen MR) is 128 cm³/mol. The molecule has 1 saturated heterocycles. The molecule has 0 saturated carbocycles. The van der Waals surface area contributed by atoms with Gasteiger partial charge in [0.25, 0.3) is 5.91 Å². The van der Waals surface area contributed by atoms with E-state index in [0.29, 0.717) is 28.9 Å². The third-order valence-corrected chi connectivity index (χ3v) is 5.35. The zero-order valence-electron chi connectivity index (χ0n) is 18.0. The lowest BCUT2D eigenvalue weighted by molar-refractivity contribution is 0.102. The molecule has 3 aromatic rings. The van der Waals surface area contributed by atoms with Crippen molar-refractivity contribution in [2.24, 2.45) is 11.6 Å². The van der Waals surface area contributed by atoms with Crippen LogP contribution >= 0.6 is 0 Å². The van der Waals surface area contributed by atoms with Crippen LogP contribution in [-0.2, 0) is 0 Å². The van der Waals surface area contributed by atoms with Crippen molar-refractivity contribution in [1.29, 1.82) is 0 Å². The highest BCUT2D eigenvalue weighted by Gasteiger charge is 2.14. The second-order valence-electron chi connectivity index (χ2n) is 7.93. The molecule has 4 rings (SSSR count). The number of piperidine rings is 1. The summed E-state index contributed by atoms with van der Waals surface area (Å²) in [6, 6.07) is 11.4. The number of amides is 1. The normalized spacial score (nSPS) is 14.9. The molecule has 166 valence electrons. The molecule has 9 nitrogen and oxygen atoms in total. The minimum Gasteiger partial charge on any atom is -0.397 e. The average Bonchev–Trinajstić information content (AvgIpc) is 2.79. The van der Waals surface area contributed by atoms with Crippen LogP contribution in [0.25, 0.3) is 16.5 Å². The van der Waals surface area contributed by atoms with Gasteiger partial charge < -0.3 is 26.7 Å². The number of nitrogens with two attached hydrogens (primary N) is 2. The molecule has 1 amide bonds. The molecule has 7 N–H and O–H groups in total. The molecule has 2 aromatic heterocycles. The third kappa shape index (κ3) is 5.32. The maximum atomic E-state index is 12.8. The maximum Gasteiger partial charge on any atom is 0.257 e. The lowest BCUT2D eigenvalue weighted by atomic mass is 10.1. The highest BCUT2D eigenvalue weighted by Crippen LogP contribution is 2.22. The van der Waals surface area contributed by atoms with Gasteiger partial charge in [0.2, 0.25) is 0 Å². The Labute approximate surface area is 186 Å². The number of hydrazine groups is 1. The van der Waals surface area contributed by atoms with Crippen molar-refractivity contribution in [3.63, 3.8) is 0 Å². The summed E-state index contributed by atoms with van der Waals surface area (Å²) in [5.74, 6) is 6.57. The van der Waals surface area contributed by atoms with E-state index in [9.17, 15) is 4.79 Å². The number of carbonyl (C=O) groups excluding carboxylic acids is 1. The standard InChI is InChI=1S/C23H28N8O/c1-31(25)14-20(24)15-2-3-17-13-28-22(12-18(17)10-15)30-23(32)16-4-9-27-21(11-16)29-19-5-7-26-8-6-19/h2-4,9-14,19,26H,5-8,24-25H2,1H3,(H,27,29)(H,28,30,32)/b20-14-. The molecule has 32 heavy (non-hydrogen) atoms. The second kappa shape index (κ2) is 9.63. The van der Waals surface area contributed by atoms with Crippen molar-refractivity contribution < 1.29 is 4.79 Å². The molecule has 3 heterocycles. The van der Waals surface area contributed by atoms with Crippen molar-refractivity contribution in [2.45, 2.75) is 18.9 Å². The number of pyridine rings is 2. The Morgan fingerprint density at radius 2 is 1.91 bits per heavy atom. The fourth-order valence-corrected chi connectivity index (χ4v) is 3.70. The quantitative estimate of drug-likeness (QED) is 0.295. The number of rotatable bonds is 6. The number of benzene rings is 1. The first-order valence-electron chi connectivity index (χ1n) is 10.6. The number of hydrogen-bond acceptors (Lipinski definition) is 8. The van der Waals surface area contributed by atoms with Crippen molar-refractivity contribution in [1.82, 2.24) is 20.3 Å². The van der Waals surface area contributed by atoms with Gasteiger partial charge in [-0.25, -0.2) is 15.8 Å². The van der Waals surface area contributed by atoms with Crippen LogP contribution in [0.4, 0.5) is 11.6 Å². The minimum absolute atomic E-state index is 0.243. The van der Waals surface area contributed by atoms with Crippen molar-refractivity contribution in [2.75, 3.05) is 30.8 Å². The number of nitrogens with zero attached hydrogens (tertiary/aromatic N) is 3. The monoisotopic (exact) mass is 432 g/mol. The second-order valence-corrected chi connectivity index (χ2v) is 7.93. The number of carbonyl (C=O) groups is 1. The van der Waals surface area contributed by atoms with Crippen LogP contribution in [0.2, 0.25) is 0 Å². The Morgan fingerprint density at radius 1 is 1.09 bits per heavy atom. The summed E-state index contributed by atoms with van der Waals surface area (Å²) in [6.07, 6.45) is 7.07. The first-order valence-corrected chi connectivity index (χ1v) is 10.6. The van der Waals surface area contributed by atoms with Crippen molar-refractivity contribution in [3.05, 3.63) is 66.1 Å². The summed E-state index contributed by atoms with van der Waals surface area (Å²) in [5, 5.41) is 12.9. The van der Waals surface area contributed by atoms with E-state index in [4.69, 9.17) is 11.6 Å². The molecular weight excluding hydrogens is 404 g/mol. The van der Waals surface area contributed by atoms with E-state index < -0.39 is 0 Å². The van der Waals surface area contributed by atoms with Crippen LogP contribution in [0.15, 0.2) is 55.0 Å². The fraction of sp³-hybridized carbons (Fsp3) is 0.261. The Morgan fingerprint density at radius 3 is 2.69 bits per heavy atom. The first kappa shape index (κ1) is 21.5. The molecule has 1 fully saturated rings. The van der Waals surface area contributed by atoms with Gasteiger partial charge in [0.05, 0.1) is 5.70 Å². The summed E-state index contributed by atoms with van der Waals surface area (Å²) >= 11 is 0. The Balaban J connectivity index is 1.50. The minimum atomic E-state index is -0.243. The van der Waals surface area contributed by atoms with Gasteiger partial charge in [0.1, 0.15) is 11.6 Å². The Bertz CT molecular complexity index is 1140.